The van der Waals surface area contributed by atoms with Crippen molar-refractivity contribution in [3.8, 4) is 11.5 Å². The maximum Gasteiger partial charge on any atom is 0.309 e. The first kappa shape index (κ1) is 20.2. The van der Waals surface area contributed by atoms with Gasteiger partial charge in [0.25, 0.3) is 0 Å². The lowest BCUT2D eigenvalue weighted by Crippen LogP contribution is -2.43. The van der Waals surface area contributed by atoms with Gasteiger partial charge >= 0.3 is 11.8 Å². The van der Waals surface area contributed by atoms with Gasteiger partial charge in [0.15, 0.2) is 11.5 Å². The summed E-state index contributed by atoms with van der Waals surface area (Å²) in [5.74, 6) is 0.520. The maximum absolute atomic E-state index is 12.1. The Bertz CT molecular complexity index is 882. The number of fused-ring (bicyclic) bond motifs is 1. The van der Waals surface area contributed by atoms with Gasteiger partial charge in [0, 0.05) is 32.0 Å². The summed E-state index contributed by atoms with van der Waals surface area (Å²) in [4.78, 5) is 30.8. The second-order valence-corrected chi connectivity index (χ2v) is 7.66. The molecule has 3 heterocycles. The lowest BCUT2D eigenvalue weighted by atomic mass is 9.96. The molecule has 8 heteroatoms. The van der Waals surface area contributed by atoms with E-state index in [1.165, 1.54) is 5.56 Å². The first-order valence-corrected chi connectivity index (χ1v) is 10.2. The van der Waals surface area contributed by atoms with E-state index < -0.39 is 11.8 Å². The van der Waals surface area contributed by atoms with Gasteiger partial charge in [-0.25, -0.2) is 0 Å². The SMILES string of the molecule is O=C(NCc1ccc2c(c1)OCO2)C(=O)NCC1CCN(Cc2cccnc2)CC1. The van der Waals surface area contributed by atoms with Crippen LogP contribution in [0.15, 0.2) is 42.7 Å². The highest BCUT2D eigenvalue weighted by molar-refractivity contribution is 6.35. The Morgan fingerprint density at radius 1 is 1.03 bits per heavy atom. The lowest BCUT2D eigenvalue weighted by molar-refractivity contribution is -0.139. The fourth-order valence-electron chi connectivity index (χ4n) is 3.73. The zero-order valence-corrected chi connectivity index (χ0v) is 16.8. The first-order valence-electron chi connectivity index (χ1n) is 10.2. The highest BCUT2D eigenvalue weighted by atomic mass is 16.7. The van der Waals surface area contributed by atoms with E-state index in [9.17, 15) is 9.59 Å². The molecule has 2 aliphatic heterocycles. The number of benzene rings is 1. The summed E-state index contributed by atoms with van der Waals surface area (Å²) in [5, 5.41) is 5.42. The maximum atomic E-state index is 12.1. The summed E-state index contributed by atoms with van der Waals surface area (Å²) in [6.07, 6.45) is 5.68. The highest BCUT2D eigenvalue weighted by Crippen LogP contribution is 2.32. The van der Waals surface area contributed by atoms with Gasteiger partial charge in [0.05, 0.1) is 0 Å². The molecule has 2 N–H and O–H groups in total. The molecule has 2 amide bonds. The van der Waals surface area contributed by atoms with Crippen LogP contribution in [0.25, 0.3) is 0 Å². The average Bonchev–Trinajstić information content (AvgIpc) is 3.25. The second kappa shape index (κ2) is 9.58. The summed E-state index contributed by atoms with van der Waals surface area (Å²) in [7, 11) is 0. The number of carbonyl (C=O) groups excluding carboxylic acids is 2. The fraction of sp³-hybridized carbons (Fsp3) is 0.409. The second-order valence-electron chi connectivity index (χ2n) is 7.66. The van der Waals surface area contributed by atoms with Crippen LogP contribution >= 0.6 is 0 Å². The number of nitrogens with zero attached hydrogens (tertiary/aromatic N) is 2. The van der Waals surface area contributed by atoms with E-state index in [1.54, 1.807) is 18.3 Å². The van der Waals surface area contributed by atoms with Crippen LogP contribution in [-0.4, -0.2) is 48.1 Å². The lowest BCUT2D eigenvalue weighted by Gasteiger charge is -2.31. The van der Waals surface area contributed by atoms with Crippen LogP contribution in [0.3, 0.4) is 0 Å². The van der Waals surface area contributed by atoms with Crippen molar-refractivity contribution >= 4 is 11.8 Å². The fourth-order valence-corrected chi connectivity index (χ4v) is 3.73. The highest BCUT2D eigenvalue weighted by Gasteiger charge is 2.21. The molecule has 1 fully saturated rings. The summed E-state index contributed by atoms with van der Waals surface area (Å²) < 4.78 is 10.6. The smallest absolute Gasteiger partial charge is 0.309 e. The van der Waals surface area contributed by atoms with Crippen LogP contribution in [0.4, 0.5) is 0 Å². The predicted octanol–water partition coefficient (Wildman–Crippen LogP) is 1.45. The van der Waals surface area contributed by atoms with E-state index >= 15 is 0 Å². The zero-order chi connectivity index (χ0) is 20.8. The van der Waals surface area contributed by atoms with Gasteiger partial charge < -0.3 is 20.1 Å². The molecule has 30 heavy (non-hydrogen) atoms. The molecule has 0 saturated carbocycles. The van der Waals surface area contributed by atoms with Gasteiger partial charge in [-0.15, -0.1) is 0 Å². The van der Waals surface area contributed by atoms with Crippen molar-refractivity contribution < 1.29 is 19.1 Å². The molecule has 0 spiro atoms. The molecule has 2 aliphatic rings. The zero-order valence-electron chi connectivity index (χ0n) is 16.8. The number of rotatable bonds is 6. The van der Waals surface area contributed by atoms with Crippen LogP contribution in [0.2, 0.25) is 0 Å². The van der Waals surface area contributed by atoms with Crippen molar-refractivity contribution in [2.45, 2.75) is 25.9 Å². The molecule has 2 aromatic rings. The number of carbonyl (C=O) groups is 2. The van der Waals surface area contributed by atoms with Gasteiger partial charge in [-0.2, -0.15) is 0 Å². The van der Waals surface area contributed by atoms with Crippen molar-refractivity contribution in [2.75, 3.05) is 26.4 Å². The number of aromatic nitrogens is 1. The molecular weight excluding hydrogens is 384 g/mol. The number of ether oxygens (including phenoxy) is 2. The number of pyridine rings is 1. The molecule has 8 nitrogen and oxygen atoms in total. The Balaban J connectivity index is 1.14. The molecular formula is C22H26N4O4. The van der Waals surface area contributed by atoms with E-state index in [0.29, 0.717) is 24.0 Å². The third-order valence-corrected chi connectivity index (χ3v) is 5.48. The summed E-state index contributed by atoms with van der Waals surface area (Å²) in [6, 6.07) is 9.48. The Hall–Kier alpha value is -3.13. The summed E-state index contributed by atoms with van der Waals surface area (Å²) in [6.45, 7) is 3.84. The molecule has 4 rings (SSSR count). The normalized spacial score (nSPS) is 16.3. The molecule has 0 radical (unpaired) electrons. The molecule has 1 aromatic carbocycles. The van der Waals surface area contributed by atoms with Crippen molar-refractivity contribution in [2.24, 2.45) is 5.92 Å². The van der Waals surface area contributed by atoms with E-state index in [0.717, 1.165) is 38.0 Å². The van der Waals surface area contributed by atoms with Crippen molar-refractivity contribution in [1.82, 2.24) is 20.5 Å². The van der Waals surface area contributed by atoms with E-state index in [4.69, 9.17) is 9.47 Å². The molecule has 1 aromatic heterocycles. The van der Waals surface area contributed by atoms with Crippen molar-refractivity contribution in [1.29, 1.82) is 0 Å². The summed E-state index contributed by atoms with van der Waals surface area (Å²) >= 11 is 0. The summed E-state index contributed by atoms with van der Waals surface area (Å²) in [5.41, 5.74) is 2.06. The molecule has 0 aliphatic carbocycles. The third-order valence-electron chi connectivity index (χ3n) is 5.48. The van der Waals surface area contributed by atoms with Gasteiger partial charge in [0.2, 0.25) is 6.79 Å². The largest absolute Gasteiger partial charge is 0.454 e. The minimum Gasteiger partial charge on any atom is -0.454 e. The third kappa shape index (κ3) is 5.27. The standard InChI is InChI=1S/C22H26N4O4/c27-21(22(28)25-13-17-3-4-19-20(10-17)30-15-29-19)24-12-16-5-8-26(9-6-16)14-18-2-1-7-23-11-18/h1-4,7,10-11,16H,5-6,8-9,12-15H2,(H,24,27)(H,25,28). The number of nitrogens with one attached hydrogen (secondary N) is 2. The van der Waals surface area contributed by atoms with Crippen LogP contribution in [0.1, 0.15) is 24.0 Å². The van der Waals surface area contributed by atoms with Crippen LogP contribution in [-0.2, 0) is 22.7 Å². The van der Waals surface area contributed by atoms with Gasteiger partial charge in [-0.05, 0) is 61.2 Å². The Labute approximate surface area is 175 Å². The van der Waals surface area contributed by atoms with E-state index in [1.807, 2.05) is 18.3 Å². The van der Waals surface area contributed by atoms with Crippen molar-refractivity contribution in [3.05, 3.63) is 53.9 Å². The topological polar surface area (TPSA) is 92.8 Å². The van der Waals surface area contributed by atoms with Crippen molar-refractivity contribution in [3.63, 3.8) is 0 Å². The van der Waals surface area contributed by atoms with Crippen LogP contribution in [0, 0.1) is 5.92 Å². The Morgan fingerprint density at radius 3 is 2.63 bits per heavy atom. The number of hydrogen-bond donors (Lipinski definition) is 2. The number of hydrogen-bond acceptors (Lipinski definition) is 6. The van der Waals surface area contributed by atoms with E-state index in [-0.39, 0.29) is 13.3 Å². The van der Waals surface area contributed by atoms with Crippen LogP contribution < -0.4 is 20.1 Å². The number of likely N-dealkylation sites (tertiary alicyclic amines) is 1. The van der Waals surface area contributed by atoms with Gasteiger partial charge in [-0.3, -0.25) is 19.5 Å². The first-order chi connectivity index (χ1) is 14.7. The number of piperidine rings is 1. The monoisotopic (exact) mass is 410 g/mol. The molecule has 158 valence electrons. The van der Waals surface area contributed by atoms with Gasteiger partial charge in [-0.1, -0.05) is 12.1 Å². The minimum atomic E-state index is -0.623. The Morgan fingerprint density at radius 2 is 1.83 bits per heavy atom. The molecule has 0 atom stereocenters. The Kier molecular flexibility index (Phi) is 6.44. The molecule has 1 saturated heterocycles. The average molecular weight is 410 g/mol. The minimum absolute atomic E-state index is 0.204. The quantitative estimate of drug-likeness (QED) is 0.701. The van der Waals surface area contributed by atoms with E-state index in [2.05, 4.69) is 26.6 Å². The molecule has 0 unspecified atom stereocenters. The van der Waals surface area contributed by atoms with Gasteiger partial charge in [0.1, 0.15) is 0 Å². The predicted molar refractivity (Wildman–Crippen MR) is 110 cm³/mol. The molecule has 0 bridgehead atoms. The van der Waals surface area contributed by atoms with Crippen LogP contribution in [0.5, 0.6) is 11.5 Å². The number of amides is 2.